The lowest BCUT2D eigenvalue weighted by Gasteiger charge is -1.25. The molecule has 0 aromatic heterocycles. The van der Waals surface area contributed by atoms with Crippen molar-refractivity contribution in [2.75, 3.05) is 0 Å². The smallest absolute Gasteiger partial charge is 0.255 e. The van der Waals surface area contributed by atoms with Gasteiger partial charge >= 0.3 is 1.43 Å². The Labute approximate surface area is 46.0 Å². The summed E-state index contributed by atoms with van der Waals surface area (Å²) in [4.78, 5) is 0. The van der Waals surface area contributed by atoms with E-state index in [0.717, 1.165) is 0 Å². The average molecular weight is 117 g/mol. The van der Waals surface area contributed by atoms with Gasteiger partial charge in [0.15, 0.2) is 0 Å². The van der Waals surface area contributed by atoms with Gasteiger partial charge in [0, 0.05) is 0 Å². The zero-order chi connectivity index (χ0) is 4.00. The van der Waals surface area contributed by atoms with E-state index in [1.807, 2.05) is 0 Å². The normalized spacial score (nSPS) is 1.71. The van der Waals surface area contributed by atoms with Crippen LogP contribution in [0, 0.1) is 0 Å². The van der Waals surface area contributed by atoms with Crippen molar-refractivity contribution >= 4 is 0 Å². The molecule has 0 radical (unpaired) electrons. The Hall–Kier alpha value is -0.160. The van der Waals surface area contributed by atoms with Gasteiger partial charge in [-0.1, -0.05) is 22.3 Å². The molecule has 0 saturated heterocycles. The molecular formula is C3H17O4+. The molecule has 0 aliphatic heterocycles. The lowest BCUT2D eigenvalue weighted by atomic mass is 12.0. The van der Waals surface area contributed by atoms with Crippen LogP contribution in [0.15, 0.2) is 0 Å². The van der Waals surface area contributed by atoms with Gasteiger partial charge in [-0.05, 0) is 0 Å². The molecule has 0 aromatic rings. The molecule has 4 heteroatoms. The molecule has 0 unspecified atom stereocenters. The molecular weight excluding hydrogens is 100 g/mol. The van der Waals surface area contributed by atoms with Gasteiger partial charge in [-0.25, -0.2) is 0 Å². The van der Waals surface area contributed by atoms with Crippen LogP contribution in [0.1, 0.15) is 23.7 Å². The van der Waals surface area contributed by atoms with Crippen molar-refractivity contribution in [2.24, 2.45) is 0 Å². The molecule has 0 amide bonds. The number of rotatable bonds is 0. The van der Waals surface area contributed by atoms with Crippen molar-refractivity contribution in [2.45, 2.75) is 22.3 Å². The average Bonchev–Trinajstić information content (AvgIpc) is 1.50. The van der Waals surface area contributed by atoms with Crippen molar-refractivity contribution in [3.8, 4) is 0 Å². The van der Waals surface area contributed by atoms with Crippen molar-refractivity contribution in [1.82, 2.24) is 0 Å². The first-order valence-electron chi connectivity index (χ1n) is 0.400. The molecule has 0 spiro atoms. The van der Waals surface area contributed by atoms with E-state index in [-0.39, 0.29) is 23.7 Å². The highest BCUT2D eigenvalue weighted by molar-refractivity contribution is 2.51. The first kappa shape index (κ1) is 68.9. The highest BCUT2D eigenvalue weighted by Crippen LogP contribution is 0.713. The van der Waals surface area contributed by atoms with Gasteiger partial charge in [-0.15, -0.1) is 0 Å². The summed E-state index contributed by atoms with van der Waals surface area (Å²) < 4.78 is 0. The van der Waals surface area contributed by atoms with Crippen LogP contribution in [0.5, 0.6) is 0 Å². The molecule has 0 aromatic carbocycles. The lowest BCUT2D eigenvalue weighted by molar-refractivity contribution is -0.176. The first-order valence-corrected chi connectivity index (χ1v) is 0.400. The van der Waals surface area contributed by atoms with Crippen LogP contribution in [-0.2, 0) is 0 Å². The summed E-state index contributed by atoms with van der Waals surface area (Å²) in [5.74, 6) is 0. The standard InChI is InChI=1S/3CH4.2H2O2/c;;;2*1-2/h3*1H4;2*1-2H/p+1. The summed E-state index contributed by atoms with van der Waals surface area (Å²) >= 11 is 0. The van der Waals surface area contributed by atoms with Crippen LogP contribution in [0.25, 0.3) is 0 Å². The molecule has 0 saturated carbocycles. The minimum atomic E-state index is 0. The van der Waals surface area contributed by atoms with E-state index in [0.29, 0.717) is 0 Å². The SMILES string of the molecule is C.C.C.OO.OO.[H+]. The van der Waals surface area contributed by atoms with Crippen molar-refractivity contribution < 1.29 is 22.5 Å². The fourth-order valence-electron chi connectivity index (χ4n) is 0. The van der Waals surface area contributed by atoms with E-state index >= 15 is 0 Å². The summed E-state index contributed by atoms with van der Waals surface area (Å²) in [5, 5.41) is 24.0. The van der Waals surface area contributed by atoms with E-state index in [2.05, 4.69) is 0 Å². The summed E-state index contributed by atoms with van der Waals surface area (Å²) in [6.45, 7) is 0. The van der Waals surface area contributed by atoms with E-state index in [4.69, 9.17) is 21.0 Å². The minimum absolute atomic E-state index is 0. The maximum absolute atomic E-state index is 6.00. The van der Waals surface area contributed by atoms with E-state index in [1.165, 1.54) is 0 Å². The highest BCUT2D eigenvalue weighted by atomic mass is 17.0. The second-order valence-electron chi connectivity index (χ2n) is 0. The Morgan fingerprint density at radius 2 is 0.571 bits per heavy atom. The molecule has 7 heavy (non-hydrogen) atoms. The summed E-state index contributed by atoms with van der Waals surface area (Å²) in [7, 11) is 0. The Kier molecular flexibility index (Phi) is 52600. The van der Waals surface area contributed by atoms with Crippen LogP contribution in [0.4, 0.5) is 0 Å². The summed E-state index contributed by atoms with van der Waals surface area (Å²) in [6.07, 6.45) is 0. The highest BCUT2D eigenvalue weighted by Gasteiger charge is 0.747. The van der Waals surface area contributed by atoms with Crippen LogP contribution in [0.3, 0.4) is 0 Å². The van der Waals surface area contributed by atoms with Crippen LogP contribution >= 0.6 is 0 Å². The predicted octanol–water partition coefficient (Wildman–Crippen LogP) is 2.06. The van der Waals surface area contributed by atoms with Crippen LogP contribution in [-0.4, -0.2) is 21.0 Å². The van der Waals surface area contributed by atoms with Crippen LogP contribution < -0.4 is 0 Å². The van der Waals surface area contributed by atoms with Gasteiger partial charge in [0.2, 0.25) is 0 Å². The fourth-order valence-corrected chi connectivity index (χ4v) is 0. The molecule has 4 N–H and O–H groups in total. The zero-order valence-corrected chi connectivity index (χ0v) is 1.79. The molecule has 0 aliphatic carbocycles. The molecule has 4 nitrogen and oxygen atoms in total. The minimum Gasteiger partial charge on any atom is -0.255 e. The zero-order valence-electron chi connectivity index (χ0n) is 2.79. The third kappa shape index (κ3) is 3360. The largest absolute Gasteiger partial charge is 1.00 e. The molecule has 0 rings (SSSR count). The number of hydrogen-bond donors (Lipinski definition) is 4. The molecule has 0 fully saturated rings. The van der Waals surface area contributed by atoms with Gasteiger partial charge in [0.1, 0.15) is 0 Å². The molecule has 0 atom stereocenters. The Balaban J connectivity index is -0.00000000167. The fraction of sp³-hybridized carbons (Fsp3) is 1.00. The lowest BCUT2D eigenvalue weighted by Crippen LogP contribution is -1.29. The quantitative estimate of drug-likeness (QED) is 0.289. The second kappa shape index (κ2) is 5340. The van der Waals surface area contributed by atoms with E-state index in [9.17, 15) is 0 Å². The third-order valence-electron chi connectivity index (χ3n) is 0. The van der Waals surface area contributed by atoms with Gasteiger partial charge in [-0.3, -0.25) is 21.0 Å². The van der Waals surface area contributed by atoms with Gasteiger partial charge in [0.25, 0.3) is 0 Å². The van der Waals surface area contributed by atoms with E-state index in [1.54, 1.807) is 0 Å². The molecule has 52 valence electrons. The monoisotopic (exact) mass is 117 g/mol. The Bertz CT molecular complexity index is 11.2. The summed E-state index contributed by atoms with van der Waals surface area (Å²) in [5.41, 5.74) is 0. The van der Waals surface area contributed by atoms with E-state index < -0.39 is 0 Å². The third-order valence-corrected chi connectivity index (χ3v) is 0. The second-order valence-corrected chi connectivity index (χ2v) is 0. The molecule has 0 heterocycles. The van der Waals surface area contributed by atoms with Gasteiger partial charge < -0.3 is 0 Å². The predicted molar refractivity (Wildman–Crippen MR) is 31.8 cm³/mol. The number of hydrogen-bond acceptors (Lipinski definition) is 4. The Morgan fingerprint density at radius 3 is 0.571 bits per heavy atom. The maximum atomic E-state index is 6.00. The maximum Gasteiger partial charge on any atom is 1.00 e. The van der Waals surface area contributed by atoms with Crippen molar-refractivity contribution in [3.05, 3.63) is 0 Å². The topological polar surface area (TPSA) is 80.9 Å². The Morgan fingerprint density at radius 1 is 0.571 bits per heavy atom. The molecule has 0 bridgehead atoms. The molecule has 0 aliphatic rings. The summed E-state index contributed by atoms with van der Waals surface area (Å²) in [6, 6.07) is 0. The van der Waals surface area contributed by atoms with Gasteiger partial charge in [-0.2, -0.15) is 0 Å². The van der Waals surface area contributed by atoms with Crippen molar-refractivity contribution in [3.63, 3.8) is 0 Å². The first-order chi connectivity index (χ1) is 2.00. The van der Waals surface area contributed by atoms with Crippen LogP contribution in [0.2, 0.25) is 0 Å². The van der Waals surface area contributed by atoms with Gasteiger partial charge in [0.05, 0.1) is 0 Å². The van der Waals surface area contributed by atoms with Crippen molar-refractivity contribution in [1.29, 1.82) is 0 Å².